The molecule has 0 radical (unpaired) electrons. The van der Waals surface area contributed by atoms with E-state index in [4.69, 9.17) is 0 Å². The molecule has 0 bridgehead atoms. The van der Waals surface area contributed by atoms with Gasteiger partial charge in [0.05, 0.1) is 0 Å². The number of piperidine rings is 2. The van der Waals surface area contributed by atoms with E-state index >= 15 is 0 Å². The van der Waals surface area contributed by atoms with E-state index in [1.54, 1.807) is 0 Å². The van der Waals surface area contributed by atoms with Gasteiger partial charge >= 0.3 is 0 Å². The van der Waals surface area contributed by atoms with Gasteiger partial charge in [-0.2, -0.15) is 0 Å². The van der Waals surface area contributed by atoms with Crippen LogP contribution >= 0.6 is 0 Å². The first kappa shape index (κ1) is 12.4. The molecule has 2 heterocycles. The predicted molar refractivity (Wildman–Crippen MR) is 69.7 cm³/mol. The fourth-order valence-corrected chi connectivity index (χ4v) is 3.22. The molecule has 0 aromatic heterocycles. The van der Waals surface area contributed by atoms with Gasteiger partial charge in [0, 0.05) is 19.1 Å². The van der Waals surface area contributed by atoms with Gasteiger partial charge in [-0.15, -0.1) is 0 Å². The van der Waals surface area contributed by atoms with E-state index in [1.165, 1.54) is 64.8 Å². The van der Waals surface area contributed by atoms with Gasteiger partial charge in [0.25, 0.3) is 0 Å². The van der Waals surface area contributed by atoms with Crippen molar-refractivity contribution in [1.82, 2.24) is 9.80 Å². The van der Waals surface area contributed by atoms with E-state index in [9.17, 15) is 0 Å². The highest BCUT2D eigenvalue weighted by atomic mass is 15.2. The molecular formula is C14H28N2. The lowest BCUT2D eigenvalue weighted by molar-refractivity contribution is 0.103. The van der Waals surface area contributed by atoms with Gasteiger partial charge in [-0.1, -0.05) is 6.42 Å². The van der Waals surface area contributed by atoms with Gasteiger partial charge in [-0.25, -0.2) is 0 Å². The molecule has 2 rings (SSSR count). The van der Waals surface area contributed by atoms with Crippen LogP contribution < -0.4 is 0 Å². The molecule has 0 aromatic carbocycles. The van der Waals surface area contributed by atoms with Crippen LogP contribution in [0.2, 0.25) is 0 Å². The van der Waals surface area contributed by atoms with Gasteiger partial charge in [0.2, 0.25) is 0 Å². The monoisotopic (exact) mass is 224 g/mol. The summed E-state index contributed by atoms with van der Waals surface area (Å²) in [5, 5.41) is 0. The summed E-state index contributed by atoms with van der Waals surface area (Å²) in [6.45, 7) is 11.4. The lowest BCUT2D eigenvalue weighted by Crippen LogP contribution is -2.44. The van der Waals surface area contributed by atoms with Crippen LogP contribution in [-0.4, -0.2) is 48.6 Å². The smallest absolute Gasteiger partial charge is 0.00387 e. The molecule has 2 aliphatic heterocycles. The first-order valence-corrected chi connectivity index (χ1v) is 7.22. The second-order valence-corrected chi connectivity index (χ2v) is 5.96. The zero-order valence-corrected chi connectivity index (χ0v) is 11.1. The van der Waals surface area contributed by atoms with Crippen molar-refractivity contribution in [2.75, 3.05) is 32.7 Å². The Bertz CT molecular complexity index is 197. The van der Waals surface area contributed by atoms with Crippen molar-refractivity contribution in [3.8, 4) is 0 Å². The SMILES string of the molecule is CC(C)N1CCC[C@H](CN2CCCCC2)C1. The molecule has 0 spiro atoms. The number of hydrogen-bond donors (Lipinski definition) is 0. The highest BCUT2D eigenvalue weighted by Crippen LogP contribution is 2.21. The maximum Gasteiger partial charge on any atom is 0.00387 e. The van der Waals surface area contributed by atoms with Crippen LogP contribution in [0.4, 0.5) is 0 Å². The summed E-state index contributed by atoms with van der Waals surface area (Å²) in [4.78, 5) is 5.37. The largest absolute Gasteiger partial charge is 0.303 e. The molecular weight excluding hydrogens is 196 g/mol. The Morgan fingerprint density at radius 3 is 2.44 bits per heavy atom. The summed E-state index contributed by atoms with van der Waals surface area (Å²) in [6.07, 6.45) is 7.19. The number of rotatable bonds is 3. The molecule has 0 saturated carbocycles. The number of likely N-dealkylation sites (tertiary alicyclic amines) is 2. The summed E-state index contributed by atoms with van der Waals surface area (Å²) in [7, 11) is 0. The lowest BCUT2D eigenvalue weighted by atomic mass is 9.95. The average molecular weight is 224 g/mol. The third kappa shape index (κ3) is 3.46. The molecule has 2 nitrogen and oxygen atoms in total. The van der Waals surface area contributed by atoms with Crippen LogP contribution in [0.1, 0.15) is 46.0 Å². The third-order valence-corrected chi connectivity index (χ3v) is 4.25. The molecule has 2 fully saturated rings. The van der Waals surface area contributed by atoms with E-state index < -0.39 is 0 Å². The van der Waals surface area contributed by atoms with Crippen LogP contribution in [0.15, 0.2) is 0 Å². The molecule has 0 unspecified atom stereocenters. The van der Waals surface area contributed by atoms with Crippen LogP contribution in [0.3, 0.4) is 0 Å². The van der Waals surface area contributed by atoms with Crippen molar-refractivity contribution in [3.05, 3.63) is 0 Å². The highest BCUT2D eigenvalue weighted by Gasteiger charge is 2.23. The Hall–Kier alpha value is -0.0800. The molecule has 1 atom stereocenters. The Labute approximate surface area is 101 Å². The summed E-state index contributed by atoms with van der Waals surface area (Å²) in [5.74, 6) is 0.939. The van der Waals surface area contributed by atoms with Gasteiger partial charge in [0.1, 0.15) is 0 Å². The van der Waals surface area contributed by atoms with Gasteiger partial charge in [-0.3, -0.25) is 0 Å². The minimum atomic E-state index is 0.740. The second-order valence-electron chi connectivity index (χ2n) is 5.96. The first-order chi connectivity index (χ1) is 7.75. The van der Waals surface area contributed by atoms with E-state index in [0.717, 1.165) is 12.0 Å². The maximum atomic E-state index is 2.71. The van der Waals surface area contributed by atoms with Crippen molar-refractivity contribution in [2.24, 2.45) is 5.92 Å². The Balaban J connectivity index is 1.75. The molecule has 2 aliphatic rings. The summed E-state index contributed by atoms with van der Waals surface area (Å²) < 4.78 is 0. The first-order valence-electron chi connectivity index (χ1n) is 7.22. The molecule has 0 aromatic rings. The molecule has 0 amide bonds. The second kappa shape index (κ2) is 6.02. The van der Waals surface area contributed by atoms with Crippen molar-refractivity contribution in [1.29, 1.82) is 0 Å². The molecule has 2 saturated heterocycles. The normalized spacial score (nSPS) is 29.8. The minimum Gasteiger partial charge on any atom is -0.303 e. The van der Waals surface area contributed by atoms with Crippen LogP contribution in [0, 0.1) is 5.92 Å². The molecule has 94 valence electrons. The zero-order valence-electron chi connectivity index (χ0n) is 11.1. The van der Waals surface area contributed by atoms with E-state index in [1.807, 2.05) is 0 Å². The molecule has 2 heteroatoms. The highest BCUT2D eigenvalue weighted by molar-refractivity contribution is 4.78. The van der Waals surface area contributed by atoms with E-state index in [2.05, 4.69) is 23.6 Å². The lowest BCUT2D eigenvalue weighted by Gasteiger charge is -2.38. The number of hydrogen-bond acceptors (Lipinski definition) is 2. The fraction of sp³-hybridized carbons (Fsp3) is 1.00. The van der Waals surface area contributed by atoms with Crippen LogP contribution in [0.25, 0.3) is 0 Å². The van der Waals surface area contributed by atoms with Crippen molar-refractivity contribution in [2.45, 2.75) is 52.0 Å². The van der Waals surface area contributed by atoms with Crippen molar-refractivity contribution >= 4 is 0 Å². The quantitative estimate of drug-likeness (QED) is 0.727. The average Bonchev–Trinajstić information content (AvgIpc) is 2.30. The van der Waals surface area contributed by atoms with E-state index in [0.29, 0.717) is 0 Å². The topological polar surface area (TPSA) is 6.48 Å². The van der Waals surface area contributed by atoms with Crippen molar-refractivity contribution < 1.29 is 0 Å². The van der Waals surface area contributed by atoms with Crippen LogP contribution in [-0.2, 0) is 0 Å². The van der Waals surface area contributed by atoms with Gasteiger partial charge in [-0.05, 0) is 65.1 Å². The number of nitrogens with zero attached hydrogens (tertiary/aromatic N) is 2. The summed E-state index contributed by atoms with van der Waals surface area (Å²) in [6, 6.07) is 0.740. The zero-order chi connectivity index (χ0) is 11.4. The van der Waals surface area contributed by atoms with Crippen molar-refractivity contribution in [3.63, 3.8) is 0 Å². The van der Waals surface area contributed by atoms with E-state index in [-0.39, 0.29) is 0 Å². The molecule has 0 N–H and O–H groups in total. The molecule has 16 heavy (non-hydrogen) atoms. The minimum absolute atomic E-state index is 0.740. The Morgan fingerprint density at radius 1 is 1.00 bits per heavy atom. The maximum absolute atomic E-state index is 2.71. The van der Waals surface area contributed by atoms with Crippen LogP contribution in [0.5, 0.6) is 0 Å². The van der Waals surface area contributed by atoms with Gasteiger partial charge < -0.3 is 9.80 Å². The standard InChI is InChI=1S/C14H28N2/c1-13(2)16-10-6-7-14(12-16)11-15-8-4-3-5-9-15/h13-14H,3-12H2,1-2H3/t14-/m1/s1. The summed E-state index contributed by atoms with van der Waals surface area (Å²) in [5.41, 5.74) is 0. The fourth-order valence-electron chi connectivity index (χ4n) is 3.22. The Morgan fingerprint density at radius 2 is 1.75 bits per heavy atom. The predicted octanol–water partition coefficient (Wildman–Crippen LogP) is 2.59. The van der Waals surface area contributed by atoms with Gasteiger partial charge in [0.15, 0.2) is 0 Å². The summed E-state index contributed by atoms with van der Waals surface area (Å²) >= 11 is 0. The Kier molecular flexibility index (Phi) is 4.66. The third-order valence-electron chi connectivity index (χ3n) is 4.25. The molecule has 0 aliphatic carbocycles.